The van der Waals surface area contributed by atoms with Crippen molar-refractivity contribution in [2.45, 2.75) is 0 Å². The SMILES string of the molecule is [F-].[F-].[F-].[Pd+3]. The van der Waals surface area contributed by atoms with Crippen molar-refractivity contribution in [2.75, 3.05) is 0 Å². The molecule has 4 heteroatoms. The normalized spacial score (nSPS) is 0. The Labute approximate surface area is 35.3 Å². The van der Waals surface area contributed by atoms with Gasteiger partial charge in [0.15, 0.2) is 0 Å². The van der Waals surface area contributed by atoms with Crippen LogP contribution in [0.2, 0.25) is 0 Å². The standard InChI is InChI=1S/3FH.Pd/h3*1H;/q;;;+3/p-3. The van der Waals surface area contributed by atoms with Gasteiger partial charge in [-0.1, -0.05) is 0 Å². The summed E-state index contributed by atoms with van der Waals surface area (Å²) >= 11 is 0. The first-order valence-electron chi connectivity index (χ1n) is 0. The Bertz CT molecular complexity index is 3.25. The van der Waals surface area contributed by atoms with Gasteiger partial charge in [-0.2, -0.15) is 0 Å². The van der Waals surface area contributed by atoms with Gasteiger partial charge in [-0.3, -0.25) is 0 Å². The molecule has 0 atom stereocenters. The van der Waals surface area contributed by atoms with Crippen molar-refractivity contribution in [1.82, 2.24) is 0 Å². The van der Waals surface area contributed by atoms with Crippen LogP contribution < -0.4 is 14.1 Å². The van der Waals surface area contributed by atoms with E-state index < -0.39 is 0 Å². The van der Waals surface area contributed by atoms with E-state index in [2.05, 4.69) is 0 Å². The van der Waals surface area contributed by atoms with Gasteiger partial charge in [0.25, 0.3) is 0 Å². The molecule has 0 saturated carbocycles. The third-order valence-corrected chi connectivity index (χ3v) is 0. The van der Waals surface area contributed by atoms with E-state index in [1.54, 1.807) is 0 Å². The van der Waals surface area contributed by atoms with Gasteiger partial charge in [0.05, 0.1) is 0 Å². The summed E-state index contributed by atoms with van der Waals surface area (Å²) in [6.45, 7) is 0. The molecule has 1 radical (unpaired) electrons. The van der Waals surface area contributed by atoms with Gasteiger partial charge in [0.1, 0.15) is 0 Å². The summed E-state index contributed by atoms with van der Waals surface area (Å²) < 4.78 is 0. The Hall–Kier alpha value is 0.452. The van der Waals surface area contributed by atoms with Crippen molar-refractivity contribution in [3.8, 4) is 0 Å². The minimum absolute atomic E-state index is 0. The van der Waals surface area contributed by atoms with Crippen molar-refractivity contribution in [3.63, 3.8) is 0 Å². The molecule has 0 saturated heterocycles. The molecule has 0 spiro atoms. The summed E-state index contributed by atoms with van der Waals surface area (Å²) in [4.78, 5) is 0. The van der Waals surface area contributed by atoms with Crippen LogP contribution in [0.1, 0.15) is 0 Å². The fourth-order valence-electron chi connectivity index (χ4n) is 0. The van der Waals surface area contributed by atoms with Gasteiger partial charge in [-0.15, -0.1) is 0 Å². The van der Waals surface area contributed by atoms with Crippen molar-refractivity contribution >= 4 is 0 Å². The van der Waals surface area contributed by atoms with Crippen LogP contribution in [0.3, 0.4) is 0 Å². The predicted octanol–water partition coefficient (Wildman–Crippen LogP) is -8.99. The maximum absolute atomic E-state index is 0. The minimum Gasteiger partial charge on any atom is -1.00 e. The first-order valence-corrected chi connectivity index (χ1v) is 0. The van der Waals surface area contributed by atoms with Crippen LogP contribution in [0.4, 0.5) is 0 Å². The predicted molar refractivity (Wildman–Crippen MR) is 0 cm³/mol. The summed E-state index contributed by atoms with van der Waals surface area (Å²) in [5.74, 6) is 0. The Morgan fingerprint density at radius 2 is 0.500 bits per heavy atom. The number of hydrogen-bond acceptors (Lipinski definition) is 0. The van der Waals surface area contributed by atoms with E-state index in [-0.39, 0.29) is 34.5 Å². The minimum atomic E-state index is 0. The van der Waals surface area contributed by atoms with Crippen molar-refractivity contribution < 1.29 is 34.5 Å². The second-order valence-electron chi connectivity index (χ2n) is 0. The second kappa shape index (κ2) is 101. The summed E-state index contributed by atoms with van der Waals surface area (Å²) in [5, 5.41) is 0. The zero-order valence-electron chi connectivity index (χ0n) is 1.45. The molecule has 0 aromatic heterocycles. The van der Waals surface area contributed by atoms with E-state index in [9.17, 15) is 0 Å². The molecule has 0 aliphatic rings. The summed E-state index contributed by atoms with van der Waals surface area (Å²) in [5.41, 5.74) is 0. The Kier molecular flexibility index (Phi) is 6580. The molecule has 0 unspecified atom stereocenters. The van der Waals surface area contributed by atoms with E-state index in [1.165, 1.54) is 0 Å². The molecule has 0 heterocycles. The molecule has 0 bridgehead atoms. The van der Waals surface area contributed by atoms with Gasteiger partial charge >= 0.3 is 20.4 Å². The molecule has 31 valence electrons. The van der Waals surface area contributed by atoms with Crippen LogP contribution in [0, 0.1) is 0 Å². The molecule has 0 amide bonds. The molecule has 0 aliphatic carbocycles. The van der Waals surface area contributed by atoms with Crippen LogP contribution in [0.5, 0.6) is 0 Å². The van der Waals surface area contributed by atoms with Crippen LogP contribution >= 0.6 is 0 Å². The van der Waals surface area contributed by atoms with Gasteiger partial charge in [0.2, 0.25) is 0 Å². The first kappa shape index (κ1) is 259. The summed E-state index contributed by atoms with van der Waals surface area (Å²) in [7, 11) is 0. The molecular weight excluding hydrogens is 163 g/mol. The van der Waals surface area contributed by atoms with Gasteiger partial charge < -0.3 is 14.1 Å². The maximum Gasteiger partial charge on any atom is 3.00 e. The third kappa shape index (κ3) is 25.3. The fourth-order valence-corrected chi connectivity index (χ4v) is 0. The molecule has 0 fully saturated rings. The number of hydrogen-bond donors (Lipinski definition) is 0. The maximum atomic E-state index is 0. The molecule has 0 rings (SSSR count). The topological polar surface area (TPSA) is 0 Å². The average Bonchev–Trinajstić information content (AvgIpc) is 0. The zero-order chi connectivity index (χ0) is 0. The average molecular weight is 163 g/mol. The molecule has 0 nitrogen and oxygen atoms in total. The number of halogens is 3. The largest absolute Gasteiger partial charge is 3.00 e. The van der Waals surface area contributed by atoms with E-state index in [4.69, 9.17) is 0 Å². The van der Waals surface area contributed by atoms with Crippen molar-refractivity contribution in [2.24, 2.45) is 0 Å². The first-order chi connectivity index (χ1) is 0. The van der Waals surface area contributed by atoms with Crippen molar-refractivity contribution in [3.05, 3.63) is 0 Å². The molecule has 0 aromatic rings. The fraction of sp³-hybridized carbons (Fsp3) is 0. The zero-order valence-corrected chi connectivity index (χ0v) is 3.00. The third-order valence-electron chi connectivity index (χ3n) is 0. The van der Waals surface area contributed by atoms with Gasteiger partial charge in [-0.25, -0.2) is 0 Å². The number of rotatable bonds is 0. The summed E-state index contributed by atoms with van der Waals surface area (Å²) in [6, 6.07) is 0. The van der Waals surface area contributed by atoms with Crippen LogP contribution in [-0.2, 0) is 20.4 Å². The van der Waals surface area contributed by atoms with E-state index in [1.807, 2.05) is 0 Å². The smallest absolute Gasteiger partial charge is 1.00 e. The van der Waals surface area contributed by atoms with Crippen LogP contribution in [0.25, 0.3) is 0 Å². The second-order valence-corrected chi connectivity index (χ2v) is 0. The Balaban J connectivity index is 0. The van der Waals surface area contributed by atoms with E-state index in [0.29, 0.717) is 0 Å². The Morgan fingerprint density at radius 1 is 0.500 bits per heavy atom. The van der Waals surface area contributed by atoms with Gasteiger partial charge in [0, 0.05) is 0 Å². The van der Waals surface area contributed by atoms with Gasteiger partial charge in [-0.05, 0) is 0 Å². The van der Waals surface area contributed by atoms with E-state index >= 15 is 0 Å². The molecule has 0 N–H and O–H groups in total. The molecule has 4 heavy (non-hydrogen) atoms. The summed E-state index contributed by atoms with van der Waals surface area (Å²) in [6.07, 6.45) is 0. The van der Waals surface area contributed by atoms with Crippen LogP contribution in [0.15, 0.2) is 0 Å². The van der Waals surface area contributed by atoms with E-state index in [0.717, 1.165) is 0 Å². The quantitative estimate of drug-likeness (QED) is 0.311. The van der Waals surface area contributed by atoms with Crippen LogP contribution in [-0.4, -0.2) is 0 Å². The Morgan fingerprint density at radius 3 is 0.500 bits per heavy atom. The molecule has 0 aliphatic heterocycles. The van der Waals surface area contributed by atoms with Crippen molar-refractivity contribution in [1.29, 1.82) is 0 Å². The molecular formula is F3Pd. The monoisotopic (exact) mass is 163 g/mol. The molecule has 0 aromatic carbocycles.